The zero-order valence-electron chi connectivity index (χ0n) is 12.9. The fourth-order valence-corrected chi connectivity index (χ4v) is 4.44. The van der Waals surface area contributed by atoms with Crippen LogP contribution in [0.25, 0.3) is 11.1 Å². The number of rotatable bonds is 5. The molecule has 0 unspecified atom stereocenters. The first-order chi connectivity index (χ1) is 9.58. The fourth-order valence-electron chi connectivity index (χ4n) is 2.52. The van der Waals surface area contributed by atoms with Crippen molar-refractivity contribution < 1.29 is 0 Å². The molecule has 0 aromatic heterocycles. The molecule has 0 amide bonds. The highest BCUT2D eigenvalue weighted by Gasteiger charge is 2.10. The maximum absolute atomic E-state index is 2.36. The summed E-state index contributed by atoms with van der Waals surface area (Å²) in [6, 6.07) is 17.9. The summed E-state index contributed by atoms with van der Waals surface area (Å²) in [6.07, 6.45) is 2.43. The van der Waals surface area contributed by atoms with Gasteiger partial charge in [-0.2, -0.15) is 0 Å². The zero-order valence-corrected chi connectivity index (χ0v) is 14.7. The molecule has 2 aromatic rings. The smallest absolute Gasteiger partial charge is 0.00719 e. The van der Waals surface area contributed by atoms with E-state index >= 15 is 0 Å². The van der Waals surface area contributed by atoms with Gasteiger partial charge in [0.15, 0.2) is 0 Å². The molecule has 0 saturated carbocycles. The Hall–Kier alpha value is -0.700. The summed E-state index contributed by atoms with van der Waals surface area (Å²) in [5.41, 5.74) is 5.90. The summed E-state index contributed by atoms with van der Waals surface area (Å²) in [7, 11) is 0.189. The van der Waals surface area contributed by atoms with Gasteiger partial charge in [-0.1, -0.05) is 48.5 Å². The van der Waals surface area contributed by atoms with E-state index in [4.69, 9.17) is 0 Å². The van der Waals surface area contributed by atoms with Gasteiger partial charge in [0.05, 0.1) is 0 Å². The highest BCUT2D eigenvalue weighted by atomic mass is 31.1. The Morgan fingerprint density at radius 3 is 1.30 bits per heavy atom. The molecule has 0 aliphatic heterocycles. The van der Waals surface area contributed by atoms with Crippen LogP contribution in [0.1, 0.15) is 11.1 Å². The molecule has 0 bridgehead atoms. The minimum Gasteiger partial charge on any atom is -0.109 e. The average Bonchev–Trinajstić information content (AvgIpc) is 2.39. The SMILES string of the molecule is CP(C)Cc1ccccc1-c1ccccc1CP(C)C. The third-order valence-electron chi connectivity index (χ3n) is 3.30. The molecule has 0 N–H and O–H groups in total. The highest BCUT2D eigenvalue weighted by molar-refractivity contribution is 7.55. The van der Waals surface area contributed by atoms with Gasteiger partial charge in [-0.25, -0.2) is 0 Å². The van der Waals surface area contributed by atoms with Crippen molar-refractivity contribution >= 4 is 15.8 Å². The van der Waals surface area contributed by atoms with E-state index < -0.39 is 0 Å². The Morgan fingerprint density at radius 2 is 0.950 bits per heavy atom. The first-order valence-electron chi connectivity index (χ1n) is 7.03. The normalized spacial score (nSPS) is 11.3. The molecule has 20 heavy (non-hydrogen) atoms. The van der Waals surface area contributed by atoms with Crippen LogP contribution in [-0.4, -0.2) is 26.7 Å². The minimum atomic E-state index is 0.0944. The molecule has 2 heteroatoms. The van der Waals surface area contributed by atoms with Crippen molar-refractivity contribution in [3.63, 3.8) is 0 Å². The van der Waals surface area contributed by atoms with Crippen LogP contribution in [0.3, 0.4) is 0 Å². The quantitative estimate of drug-likeness (QED) is 0.609. The van der Waals surface area contributed by atoms with Crippen molar-refractivity contribution in [3.8, 4) is 11.1 Å². The molecule has 0 spiro atoms. The first-order valence-corrected chi connectivity index (χ1v) is 11.9. The molecule has 0 nitrogen and oxygen atoms in total. The maximum atomic E-state index is 2.36. The predicted octanol–water partition coefficient (Wildman–Crippen LogP) is 5.84. The van der Waals surface area contributed by atoms with E-state index in [0.717, 1.165) is 0 Å². The standard InChI is InChI=1S/C18H24P2/c1-19(2)13-15-9-5-7-11-17(15)18-12-8-6-10-16(18)14-20(3)4/h5-12H,13-14H2,1-4H3. The van der Waals surface area contributed by atoms with E-state index in [1.165, 1.54) is 34.6 Å². The molecular weight excluding hydrogens is 278 g/mol. The molecule has 106 valence electrons. The fraction of sp³-hybridized carbons (Fsp3) is 0.333. The minimum absolute atomic E-state index is 0.0944. The van der Waals surface area contributed by atoms with Gasteiger partial charge in [-0.15, -0.1) is 15.8 Å². The number of hydrogen-bond acceptors (Lipinski definition) is 0. The Labute approximate surface area is 126 Å². The van der Waals surface area contributed by atoms with E-state index in [-0.39, 0.29) is 15.8 Å². The number of benzene rings is 2. The Balaban J connectivity index is 2.46. The van der Waals surface area contributed by atoms with Gasteiger partial charge in [0.25, 0.3) is 0 Å². The van der Waals surface area contributed by atoms with Crippen molar-refractivity contribution in [2.45, 2.75) is 12.3 Å². The predicted molar refractivity (Wildman–Crippen MR) is 96.8 cm³/mol. The Morgan fingerprint density at radius 1 is 0.600 bits per heavy atom. The molecule has 0 fully saturated rings. The average molecular weight is 302 g/mol. The molecule has 0 heterocycles. The molecule has 0 aliphatic carbocycles. The van der Waals surface area contributed by atoms with Gasteiger partial charge in [0, 0.05) is 0 Å². The van der Waals surface area contributed by atoms with E-state index in [2.05, 4.69) is 75.2 Å². The molecule has 0 aliphatic rings. The third-order valence-corrected chi connectivity index (χ3v) is 5.24. The summed E-state index contributed by atoms with van der Waals surface area (Å²) >= 11 is 0. The van der Waals surface area contributed by atoms with Gasteiger partial charge in [0.1, 0.15) is 0 Å². The zero-order chi connectivity index (χ0) is 14.5. The van der Waals surface area contributed by atoms with E-state index in [9.17, 15) is 0 Å². The number of hydrogen-bond donors (Lipinski definition) is 0. The van der Waals surface area contributed by atoms with Crippen LogP contribution in [0.4, 0.5) is 0 Å². The maximum Gasteiger partial charge on any atom is -0.00719 e. The summed E-state index contributed by atoms with van der Waals surface area (Å²) in [5, 5.41) is 0. The largest absolute Gasteiger partial charge is 0.109 e. The second-order valence-electron chi connectivity index (χ2n) is 5.79. The molecule has 2 rings (SSSR count). The van der Waals surface area contributed by atoms with Crippen molar-refractivity contribution in [2.75, 3.05) is 26.7 Å². The van der Waals surface area contributed by atoms with Crippen molar-refractivity contribution in [2.24, 2.45) is 0 Å². The van der Waals surface area contributed by atoms with Crippen LogP contribution in [0.15, 0.2) is 48.5 Å². The molecule has 2 aromatic carbocycles. The molecule has 0 saturated heterocycles. The van der Waals surface area contributed by atoms with Crippen LogP contribution in [0.5, 0.6) is 0 Å². The van der Waals surface area contributed by atoms with Crippen molar-refractivity contribution in [1.29, 1.82) is 0 Å². The Kier molecular flexibility index (Phi) is 5.76. The lowest BCUT2D eigenvalue weighted by atomic mass is 9.97. The summed E-state index contributed by atoms with van der Waals surface area (Å²) < 4.78 is 0. The Bertz CT molecular complexity index is 507. The van der Waals surface area contributed by atoms with Crippen LogP contribution in [0, 0.1) is 0 Å². The second-order valence-corrected chi connectivity index (χ2v) is 10.7. The second kappa shape index (κ2) is 7.35. The summed E-state index contributed by atoms with van der Waals surface area (Å²) in [4.78, 5) is 0. The van der Waals surface area contributed by atoms with Gasteiger partial charge in [-0.05, 0) is 61.2 Å². The highest BCUT2D eigenvalue weighted by Crippen LogP contribution is 2.39. The first kappa shape index (κ1) is 15.7. The molecule has 0 atom stereocenters. The lowest BCUT2D eigenvalue weighted by Crippen LogP contribution is -1.93. The van der Waals surface area contributed by atoms with Crippen LogP contribution in [0.2, 0.25) is 0 Å². The summed E-state index contributed by atoms with van der Waals surface area (Å²) in [5.74, 6) is 0. The van der Waals surface area contributed by atoms with Crippen molar-refractivity contribution in [1.82, 2.24) is 0 Å². The van der Waals surface area contributed by atoms with Gasteiger partial charge in [-0.3, -0.25) is 0 Å². The van der Waals surface area contributed by atoms with E-state index in [0.29, 0.717) is 0 Å². The third kappa shape index (κ3) is 4.15. The van der Waals surface area contributed by atoms with Gasteiger partial charge < -0.3 is 0 Å². The van der Waals surface area contributed by atoms with Crippen LogP contribution >= 0.6 is 15.8 Å². The van der Waals surface area contributed by atoms with Gasteiger partial charge in [0.2, 0.25) is 0 Å². The van der Waals surface area contributed by atoms with E-state index in [1.807, 2.05) is 0 Å². The summed E-state index contributed by atoms with van der Waals surface area (Å²) in [6.45, 7) is 9.43. The van der Waals surface area contributed by atoms with Crippen molar-refractivity contribution in [3.05, 3.63) is 59.7 Å². The lowest BCUT2D eigenvalue weighted by molar-refractivity contribution is 1.34. The molecule has 0 radical (unpaired) electrons. The topological polar surface area (TPSA) is 0 Å². The van der Waals surface area contributed by atoms with Crippen LogP contribution in [-0.2, 0) is 12.3 Å². The van der Waals surface area contributed by atoms with Gasteiger partial charge >= 0.3 is 0 Å². The van der Waals surface area contributed by atoms with E-state index in [1.54, 1.807) is 0 Å². The van der Waals surface area contributed by atoms with Crippen LogP contribution < -0.4 is 0 Å². The monoisotopic (exact) mass is 302 g/mol. The lowest BCUT2D eigenvalue weighted by Gasteiger charge is -2.16. The molecular formula is C18H24P2.